The van der Waals surface area contributed by atoms with Crippen molar-refractivity contribution in [3.05, 3.63) is 68.5 Å². The molecular weight excluding hydrogens is 363 g/mol. The molecule has 6 nitrogen and oxygen atoms in total. The van der Waals surface area contributed by atoms with Gasteiger partial charge in [0, 0.05) is 37.6 Å². The van der Waals surface area contributed by atoms with Crippen LogP contribution in [-0.2, 0) is 0 Å². The SMILES string of the molecule is Cc1cccc(C)c1OC1CCN(C(=O)c2cc(F)c(C)c([N+](=O)[O-])c2)CC1. The molecule has 0 aliphatic carbocycles. The van der Waals surface area contributed by atoms with Crippen molar-refractivity contribution in [2.24, 2.45) is 0 Å². The number of carbonyl (C=O) groups is 1. The molecule has 1 aliphatic rings. The average molecular weight is 386 g/mol. The maximum atomic E-state index is 14.0. The average Bonchev–Trinajstić information content (AvgIpc) is 2.66. The number of benzene rings is 2. The van der Waals surface area contributed by atoms with Gasteiger partial charge in [-0.2, -0.15) is 0 Å². The Labute approximate surface area is 163 Å². The van der Waals surface area contributed by atoms with E-state index in [1.54, 1.807) is 4.90 Å². The van der Waals surface area contributed by atoms with Crippen LogP contribution < -0.4 is 4.74 Å². The van der Waals surface area contributed by atoms with Crippen molar-refractivity contribution in [2.75, 3.05) is 13.1 Å². The first kappa shape index (κ1) is 19.8. The second-order valence-electron chi connectivity index (χ2n) is 7.19. The van der Waals surface area contributed by atoms with E-state index >= 15 is 0 Å². The number of para-hydroxylation sites is 1. The van der Waals surface area contributed by atoms with E-state index in [0.717, 1.165) is 29.0 Å². The second kappa shape index (κ2) is 7.96. The molecule has 0 radical (unpaired) electrons. The topological polar surface area (TPSA) is 72.7 Å². The molecular formula is C21H23FN2O4. The lowest BCUT2D eigenvalue weighted by molar-refractivity contribution is -0.385. The fraction of sp³-hybridized carbons (Fsp3) is 0.381. The third-order valence-electron chi connectivity index (χ3n) is 5.18. The maximum absolute atomic E-state index is 14.0. The summed E-state index contributed by atoms with van der Waals surface area (Å²) < 4.78 is 20.2. The van der Waals surface area contributed by atoms with E-state index < -0.39 is 16.6 Å². The van der Waals surface area contributed by atoms with Gasteiger partial charge in [-0.25, -0.2) is 4.39 Å². The normalized spacial score (nSPS) is 14.8. The maximum Gasteiger partial charge on any atom is 0.276 e. The molecule has 7 heteroatoms. The molecule has 1 aliphatic heterocycles. The van der Waals surface area contributed by atoms with Crippen LogP contribution in [0.25, 0.3) is 0 Å². The zero-order chi connectivity index (χ0) is 20.4. The van der Waals surface area contributed by atoms with Gasteiger partial charge < -0.3 is 9.64 Å². The lowest BCUT2D eigenvalue weighted by Crippen LogP contribution is -2.42. The highest BCUT2D eigenvalue weighted by atomic mass is 19.1. The van der Waals surface area contributed by atoms with Crippen molar-refractivity contribution < 1.29 is 18.8 Å². The van der Waals surface area contributed by atoms with Crippen LogP contribution in [-0.4, -0.2) is 34.9 Å². The summed E-state index contributed by atoms with van der Waals surface area (Å²) in [6, 6.07) is 8.21. The number of nitro benzene ring substituents is 1. The lowest BCUT2D eigenvalue weighted by Gasteiger charge is -2.33. The van der Waals surface area contributed by atoms with Crippen molar-refractivity contribution in [1.29, 1.82) is 0 Å². The lowest BCUT2D eigenvalue weighted by atomic mass is 10.0. The van der Waals surface area contributed by atoms with E-state index in [0.29, 0.717) is 25.9 Å². The predicted octanol–water partition coefficient (Wildman–Crippen LogP) is 4.34. The van der Waals surface area contributed by atoms with E-state index in [4.69, 9.17) is 4.74 Å². The number of likely N-dealkylation sites (tertiary alicyclic amines) is 1. The molecule has 0 aromatic heterocycles. The van der Waals surface area contributed by atoms with Gasteiger partial charge >= 0.3 is 0 Å². The summed E-state index contributed by atoms with van der Waals surface area (Å²) in [6.45, 7) is 6.24. The van der Waals surface area contributed by atoms with Crippen molar-refractivity contribution in [3.8, 4) is 5.75 Å². The number of amides is 1. The number of aryl methyl sites for hydroxylation is 2. The quantitative estimate of drug-likeness (QED) is 0.579. The summed E-state index contributed by atoms with van der Waals surface area (Å²) in [7, 11) is 0. The highest BCUT2D eigenvalue weighted by molar-refractivity contribution is 5.95. The molecule has 148 valence electrons. The molecule has 0 bridgehead atoms. The Morgan fingerprint density at radius 1 is 1.18 bits per heavy atom. The molecule has 1 fully saturated rings. The van der Waals surface area contributed by atoms with Crippen LogP contribution in [0.3, 0.4) is 0 Å². The van der Waals surface area contributed by atoms with Crippen molar-refractivity contribution in [1.82, 2.24) is 4.90 Å². The van der Waals surface area contributed by atoms with Gasteiger partial charge in [0.05, 0.1) is 10.5 Å². The van der Waals surface area contributed by atoms with Crippen LogP contribution in [0.1, 0.15) is 39.9 Å². The molecule has 1 heterocycles. The Balaban J connectivity index is 1.68. The summed E-state index contributed by atoms with van der Waals surface area (Å²) >= 11 is 0. The smallest absolute Gasteiger partial charge is 0.276 e. The van der Waals surface area contributed by atoms with Gasteiger partial charge in [0.1, 0.15) is 17.7 Å². The number of piperidine rings is 1. The Morgan fingerprint density at radius 2 is 1.79 bits per heavy atom. The number of ether oxygens (including phenoxy) is 1. The number of rotatable bonds is 4. The van der Waals surface area contributed by atoms with Gasteiger partial charge in [0.2, 0.25) is 0 Å². The Morgan fingerprint density at radius 3 is 2.36 bits per heavy atom. The number of hydrogen-bond donors (Lipinski definition) is 0. The fourth-order valence-corrected chi connectivity index (χ4v) is 3.49. The largest absolute Gasteiger partial charge is 0.490 e. The fourth-order valence-electron chi connectivity index (χ4n) is 3.49. The first-order valence-corrected chi connectivity index (χ1v) is 9.24. The van der Waals surface area contributed by atoms with E-state index in [2.05, 4.69) is 0 Å². The third kappa shape index (κ3) is 3.98. The molecule has 0 atom stereocenters. The van der Waals surface area contributed by atoms with Crippen molar-refractivity contribution in [3.63, 3.8) is 0 Å². The van der Waals surface area contributed by atoms with Crippen LogP contribution in [0, 0.1) is 36.7 Å². The number of nitro groups is 1. The zero-order valence-electron chi connectivity index (χ0n) is 16.2. The molecule has 2 aromatic rings. The predicted molar refractivity (Wildman–Crippen MR) is 103 cm³/mol. The molecule has 3 rings (SSSR count). The number of halogens is 1. The summed E-state index contributed by atoms with van der Waals surface area (Å²) in [5.74, 6) is -0.262. The van der Waals surface area contributed by atoms with Gasteiger partial charge in [-0.15, -0.1) is 0 Å². The van der Waals surface area contributed by atoms with Gasteiger partial charge in [-0.1, -0.05) is 18.2 Å². The van der Waals surface area contributed by atoms with Crippen LogP contribution in [0.5, 0.6) is 5.75 Å². The van der Waals surface area contributed by atoms with Crippen LogP contribution in [0.4, 0.5) is 10.1 Å². The molecule has 1 saturated heterocycles. The summed E-state index contributed by atoms with van der Waals surface area (Å²) in [5.41, 5.74) is 1.70. The number of nitrogens with zero attached hydrogens (tertiary/aromatic N) is 2. The van der Waals surface area contributed by atoms with E-state index in [1.807, 2.05) is 32.0 Å². The third-order valence-corrected chi connectivity index (χ3v) is 5.18. The molecule has 0 unspecified atom stereocenters. The molecule has 2 aromatic carbocycles. The van der Waals surface area contributed by atoms with Crippen LogP contribution in [0.2, 0.25) is 0 Å². The molecule has 0 spiro atoms. The second-order valence-corrected chi connectivity index (χ2v) is 7.19. The molecule has 0 saturated carbocycles. The number of carbonyl (C=O) groups excluding carboxylic acids is 1. The Hall–Kier alpha value is -2.96. The van der Waals surface area contributed by atoms with Gasteiger partial charge in [-0.3, -0.25) is 14.9 Å². The van der Waals surface area contributed by atoms with Gasteiger partial charge in [0.25, 0.3) is 11.6 Å². The van der Waals surface area contributed by atoms with E-state index in [9.17, 15) is 19.3 Å². The first-order valence-electron chi connectivity index (χ1n) is 9.24. The van der Waals surface area contributed by atoms with Crippen LogP contribution in [0.15, 0.2) is 30.3 Å². The Bertz CT molecular complexity index is 901. The van der Waals surface area contributed by atoms with Crippen LogP contribution >= 0.6 is 0 Å². The number of hydrogen-bond acceptors (Lipinski definition) is 4. The summed E-state index contributed by atoms with van der Waals surface area (Å²) in [4.78, 5) is 24.7. The van der Waals surface area contributed by atoms with Gasteiger partial charge in [0.15, 0.2) is 0 Å². The Kier molecular flexibility index (Phi) is 5.63. The minimum Gasteiger partial charge on any atom is -0.490 e. The molecule has 1 amide bonds. The molecule has 0 N–H and O–H groups in total. The van der Waals surface area contributed by atoms with Crippen molar-refractivity contribution in [2.45, 2.75) is 39.7 Å². The highest BCUT2D eigenvalue weighted by Crippen LogP contribution is 2.28. The standard InChI is InChI=1S/C21H23FN2O4/c1-13-5-4-6-14(2)20(13)28-17-7-9-23(10-8-17)21(25)16-11-18(22)15(3)19(12-16)24(26)27/h4-6,11-12,17H,7-10H2,1-3H3. The van der Waals surface area contributed by atoms with E-state index in [-0.39, 0.29) is 22.9 Å². The monoisotopic (exact) mass is 386 g/mol. The first-order chi connectivity index (χ1) is 13.3. The van der Waals surface area contributed by atoms with Gasteiger partial charge in [-0.05, 0) is 38.0 Å². The van der Waals surface area contributed by atoms with Crippen molar-refractivity contribution >= 4 is 11.6 Å². The molecule has 28 heavy (non-hydrogen) atoms. The van der Waals surface area contributed by atoms with E-state index in [1.165, 1.54) is 6.92 Å². The minimum atomic E-state index is -0.745. The zero-order valence-corrected chi connectivity index (χ0v) is 16.2. The summed E-state index contributed by atoms with van der Waals surface area (Å²) in [5, 5.41) is 11.1. The summed E-state index contributed by atoms with van der Waals surface area (Å²) in [6.07, 6.45) is 1.29. The highest BCUT2D eigenvalue weighted by Gasteiger charge is 2.27. The minimum absolute atomic E-state index is 0.00363.